The van der Waals surface area contributed by atoms with Gasteiger partial charge in [0.05, 0.1) is 13.7 Å². The van der Waals surface area contributed by atoms with E-state index in [4.69, 9.17) is 29.0 Å². The van der Waals surface area contributed by atoms with Gasteiger partial charge in [0.2, 0.25) is 5.90 Å². The van der Waals surface area contributed by atoms with Crippen molar-refractivity contribution >= 4 is 27.7 Å². The summed E-state index contributed by atoms with van der Waals surface area (Å²) in [5.41, 5.74) is 1.18. The van der Waals surface area contributed by atoms with Crippen molar-refractivity contribution in [1.82, 2.24) is 5.32 Å². The van der Waals surface area contributed by atoms with Crippen molar-refractivity contribution < 1.29 is 28.8 Å². The second-order valence-corrected chi connectivity index (χ2v) is 10.4. The van der Waals surface area contributed by atoms with E-state index in [0.717, 1.165) is 21.2 Å². The number of carbonyl (C=O) groups excluding carboxylic acids is 1. The van der Waals surface area contributed by atoms with E-state index in [1.165, 1.54) is 0 Å². The maximum atomic E-state index is 14.1. The lowest BCUT2D eigenvalue weighted by Crippen LogP contribution is -2.50. The van der Waals surface area contributed by atoms with E-state index in [1.807, 2.05) is 72.8 Å². The zero-order valence-electron chi connectivity index (χ0n) is 22.8. The fourth-order valence-electron chi connectivity index (χ4n) is 4.57. The van der Waals surface area contributed by atoms with Crippen molar-refractivity contribution in [2.24, 2.45) is 4.99 Å². The SMILES string of the molecule is COCCCNC(=O)[C@]1(Cc2ccc(Br)cc2)N=C(c2ccc(OCCCO)cc2)O[C@@H]1c1cccc(OC)c1. The third kappa shape index (κ3) is 7.21. The van der Waals surface area contributed by atoms with Crippen LogP contribution in [0.15, 0.2) is 82.3 Å². The fourth-order valence-corrected chi connectivity index (χ4v) is 4.84. The predicted octanol–water partition coefficient (Wildman–Crippen LogP) is 4.87. The molecule has 4 rings (SSSR count). The molecule has 8 nitrogen and oxygen atoms in total. The molecule has 212 valence electrons. The van der Waals surface area contributed by atoms with Gasteiger partial charge in [-0.05, 0) is 66.1 Å². The Hall–Kier alpha value is -3.40. The first kappa shape index (κ1) is 29.6. The van der Waals surface area contributed by atoms with Crippen LogP contribution in [-0.2, 0) is 20.7 Å². The molecule has 1 amide bonds. The van der Waals surface area contributed by atoms with Crippen molar-refractivity contribution in [3.8, 4) is 11.5 Å². The van der Waals surface area contributed by atoms with Gasteiger partial charge < -0.3 is 29.4 Å². The molecule has 3 aromatic carbocycles. The van der Waals surface area contributed by atoms with Crippen molar-refractivity contribution in [2.45, 2.75) is 30.9 Å². The van der Waals surface area contributed by atoms with Gasteiger partial charge in [-0.3, -0.25) is 4.79 Å². The summed E-state index contributed by atoms with van der Waals surface area (Å²) in [6.45, 7) is 1.48. The monoisotopic (exact) mass is 610 g/mol. The maximum Gasteiger partial charge on any atom is 0.252 e. The van der Waals surface area contributed by atoms with Crippen LogP contribution in [0.5, 0.6) is 11.5 Å². The lowest BCUT2D eigenvalue weighted by Gasteiger charge is -2.31. The summed E-state index contributed by atoms with van der Waals surface area (Å²) in [6, 6.07) is 22.8. The molecule has 0 saturated carbocycles. The molecule has 1 aliphatic rings. The number of nitrogens with one attached hydrogen (secondary N) is 1. The van der Waals surface area contributed by atoms with Crippen LogP contribution in [0.25, 0.3) is 0 Å². The topological polar surface area (TPSA) is 98.6 Å². The average Bonchev–Trinajstić information content (AvgIpc) is 3.37. The summed E-state index contributed by atoms with van der Waals surface area (Å²) >= 11 is 3.50. The second kappa shape index (κ2) is 14.3. The Morgan fingerprint density at radius 2 is 1.80 bits per heavy atom. The minimum absolute atomic E-state index is 0.0718. The zero-order chi connectivity index (χ0) is 28.4. The number of benzene rings is 3. The zero-order valence-corrected chi connectivity index (χ0v) is 24.4. The summed E-state index contributed by atoms with van der Waals surface area (Å²) in [6.07, 6.45) is 0.849. The van der Waals surface area contributed by atoms with Crippen LogP contribution in [0.3, 0.4) is 0 Å². The van der Waals surface area contributed by atoms with Crippen molar-refractivity contribution in [2.75, 3.05) is 40.6 Å². The number of hydrogen-bond acceptors (Lipinski definition) is 7. The van der Waals surface area contributed by atoms with E-state index in [9.17, 15) is 4.79 Å². The van der Waals surface area contributed by atoms with E-state index in [-0.39, 0.29) is 12.5 Å². The molecule has 0 radical (unpaired) electrons. The highest BCUT2D eigenvalue weighted by molar-refractivity contribution is 9.10. The van der Waals surface area contributed by atoms with Gasteiger partial charge >= 0.3 is 0 Å². The smallest absolute Gasteiger partial charge is 0.252 e. The third-order valence-corrected chi connectivity index (χ3v) is 7.15. The first-order valence-electron chi connectivity index (χ1n) is 13.3. The molecule has 0 spiro atoms. The largest absolute Gasteiger partial charge is 0.497 e. The highest BCUT2D eigenvalue weighted by atomic mass is 79.9. The number of halogens is 1. The summed E-state index contributed by atoms with van der Waals surface area (Å²) in [4.78, 5) is 19.1. The lowest BCUT2D eigenvalue weighted by molar-refractivity contribution is -0.129. The van der Waals surface area contributed by atoms with E-state index in [0.29, 0.717) is 56.4 Å². The van der Waals surface area contributed by atoms with Crippen molar-refractivity contribution in [1.29, 1.82) is 0 Å². The van der Waals surface area contributed by atoms with Crippen LogP contribution in [0, 0.1) is 0 Å². The fraction of sp³-hybridized carbons (Fsp3) is 0.355. The molecular weight excluding hydrogens is 576 g/mol. The number of methoxy groups -OCH3 is 2. The Labute approximate surface area is 243 Å². The number of aliphatic hydroxyl groups is 1. The molecule has 0 aliphatic carbocycles. The Kier molecular flexibility index (Phi) is 10.6. The second-order valence-electron chi connectivity index (χ2n) is 9.47. The van der Waals surface area contributed by atoms with E-state index in [2.05, 4.69) is 21.2 Å². The molecule has 9 heteroatoms. The van der Waals surface area contributed by atoms with Gasteiger partial charge in [0.15, 0.2) is 11.6 Å². The molecule has 0 unspecified atom stereocenters. The minimum Gasteiger partial charge on any atom is -0.497 e. The quantitative estimate of drug-likeness (QED) is 0.253. The standard InChI is InChI=1S/C31H35BrN2O6/c1-37-18-4-16-33-30(36)31(21-22-8-12-25(32)13-9-22)28(24-6-3-7-27(20-24)38-2)40-29(34-31)23-10-14-26(15-11-23)39-19-5-17-35/h3,6-15,20,28,35H,4-5,16-19,21H2,1-2H3,(H,33,36)/t28-,31-/m1/s1. The first-order chi connectivity index (χ1) is 19.5. The van der Waals surface area contributed by atoms with E-state index >= 15 is 0 Å². The lowest BCUT2D eigenvalue weighted by atomic mass is 9.82. The summed E-state index contributed by atoms with van der Waals surface area (Å²) in [5.74, 6) is 1.49. The van der Waals surface area contributed by atoms with Crippen LogP contribution >= 0.6 is 15.9 Å². The van der Waals surface area contributed by atoms with Gasteiger partial charge in [-0.15, -0.1) is 0 Å². The predicted molar refractivity (Wildman–Crippen MR) is 157 cm³/mol. The molecule has 1 aliphatic heterocycles. The highest BCUT2D eigenvalue weighted by Crippen LogP contribution is 2.43. The minimum atomic E-state index is -1.28. The van der Waals surface area contributed by atoms with Gasteiger partial charge in [0.25, 0.3) is 5.91 Å². The average molecular weight is 612 g/mol. The van der Waals surface area contributed by atoms with Crippen molar-refractivity contribution in [3.63, 3.8) is 0 Å². The normalized spacial score (nSPS) is 18.1. The number of hydrogen-bond donors (Lipinski definition) is 2. The summed E-state index contributed by atoms with van der Waals surface area (Å²) < 4.78 is 23.8. The van der Waals surface area contributed by atoms with E-state index < -0.39 is 11.6 Å². The van der Waals surface area contributed by atoms with Gasteiger partial charge in [0, 0.05) is 49.7 Å². The van der Waals surface area contributed by atoms with Crippen LogP contribution < -0.4 is 14.8 Å². The molecule has 2 atom stereocenters. The van der Waals surface area contributed by atoms with Crippen LogP contribution in [0.2, 0.25) is 0 Å². The molecule has 40 heavy (non-hydrogen) atoms. The molecule has 0 fully saturated rings. The van der Waals surface area contributed by atoms with Gasteiger partial charge in [0.1, 0.15) is 11.5 Å². The first-order valence-corrected chi connectivity index (χ1v) is 14.0. The number of nitrogens with zero attached hydrogens (tertiary/aromatic N) is 1. The highest BCUT2D eigenvalue weighted by Gasteiger charge is 2.53. The summed E-state index contributed by atoms with van der Waals surface area (Å²) in [7, 11) is 3.25. The summed E-state index contributed by atoms with van der Waals surface area (Å²) in [5, 5.41) is 12.1. The number of carbonyl (C=O) groups is 1. The molecular formula is C31H35BrN2O6. The van der Waals surface area contributed by atoms with Crippen LogP contribution in [0.1, 0.15) is 35.6 Å². The maximum absolute atomic E-state index is 14.1. The molecule has 0 aromatic heterocycles. The Morgan fingerprint density at radius 3 is 2.50 bits per heavy atom. The number of rotatable bonds is 14. The van der Waals surface area contributed by atoms with Gasteiger partial charge in [-0.2, -0.15) is 0 Å². The Morgan fingerprint density at radius 1 is 1.02 bits per heavy atom. The Bertz CT molecular complexity index is 1280. The van der Waals surface area contributed by atoms with E-state index in [1.54, 1.807) is 14.2 Å². The molecule has 0 saturated heterocycles. The third-order valence-electron chi connectivity index (χ3n) is 6.62. The molecule has 2 N–H and O–H groups in total. The van der Waals surface area contributed by atoms with Gasteiger partial charge in [-0.1, -0.05) is 40.2 Å². The Balaban J connectivity index is 1.75. The van der Waals surface area contributed by atoms with Crippen LogP contribution in [0.4, 0.5) is 0 Å². The molecule has 0 bridgehead atoms. The molecule has 1 heterocycles. The van der Waals surface area contributed by atoms with Crippen molar-refractivity contribution in [3.05, 3.63) is 94.0 Å². The number of aliphatic imine (C=N–C) groups is 1. The van der Waals surface area contributed by atoms with Crippen LogP contribution in [-0.4, -0.2) is 63.0 Å². The molecule has 3 aromatic rings. The number of ether oxygens (including phenoxy) is 4. The number of amides is 1. The van der Waals surface area contributed by atoms with Gasteiger partial charge in [-0.25, -0.2) is 4.99 Å². The number of aliphatic hydroxyl groups excluding tert-OH is 1.